The Morgan fingerprint density at radius 1 is 1.62 bits per heavy atom. The zero-order valence-electron chi connectivity index (χ0n) is 9.39. The van der Waals surface area contributed by atoms with Crippen molar-refractivity contribution in [1.82, 2.24) is 4.90 Å². The molecule has 1 heterocycles. The average Bonchev–Trinajstić information content (AvgIpc) is 2.16. The first kappa shape index (κ1) is 13.3. The number of hydrogen-bond acceptors (Lipinski definition) is 4. The van der Waals surface area contributed by atoms with E-state index in [1.807, 2.05) is 0 Å². The SMILES string of the molecule is CC(N)CC(=O)N1CCSCC1CC(=O)O. The van der Waals surface area contributed by atoms with Gasteiger partial charge in [0, 0.05) is 30.5 Å². The molecule has 1 aliphatic heterocycles. The molecule has 0 aliphatic carbocycles. The van der Waals surface area contributed by atoms with E-state index >= 15 is 0 Å². The number of carbonyl (C=O) groups excluding carboxylic acids is 1. The van der Waals surface area contributed by atoms with Crippen molar-refractivity contribution in [1.29, 1.82) is 0 Å². The molecule has 1 amide bonds. The minimum atomic E-state index is -0.855. The number of hydrogen-bond donors (Lipinski definition) is 2. The zero-order chi connectivity index (χ0) is 12.1. The van der Waals surface area contributed by atoms with Crippen molar-refractivity contribution in [3.63, 3.8) is 0 Å². The summed E-state index contributed by atoms with van der Waals surface area (Å²) >= 11 is 1.70. The van der Waals surface area contributed by atoms with Gasteiger partial charge in [0.05, 0.1) is 12.5 Å². The standard InChI is InChI=1S/C10H18N2O3S/c1-7(11)4-9(13)12-2-3-16-6-8(12)5-10(14)15/h7-8H,2-6,11H2,1H3,(H,14,15). The predicted molar refractivity (Wildman–Crippen MR) is 63.3 cm³/mol. The molecule has 0 spiro atoms. The number of amides is 1. The topological polar surface area (TPSA) is 83.6 Å². The lowest BCUT2D eigenvalue weighted by Gasteiger charge is -2.35. The summed E-state index contributed by atoms with van der Waals surface area (Å²) < 4.78 is 0. The quantitative estimate of drug-likeness (QED) is 0.737. The molecule has 1 fully saturated rings. The highest BCUT2D eigenvalue weighted by molar-refractivity contribution is 7.99. The first-order valence-corrected chi connectivity index (χ1v) is 6.50. The first-order valence-electron chi connectivity index (χ1n) is 5.35. The Hall–Kier alpha value is -0.750. The van der Waals surface area contributed by atoms with E-state index in [0.29, 0.717) is 18.7 Å². The third kappa shape index (κ3) is 4.02. The van der Waals surface area contributed by atoms with Crippen LogP contribution in [0, 0.1) is 0 Å². The fraction of sp³-hybridized carbons (Fsp3) is 0.800. The van der Waals surface area contributed by atoms with Gasteiger partial charge in [-0.25, -0.2) is 0 Å². The van der Waals surface area contributed by atoms with E-state index in [-0.39, 0.29) is 24.4 Å². The summed E-state index contributed by atoms with van der Waals surface area (Å²) in [5.41, 5.74) is 5.58. The van der Waals surface area contributed by atoms with Crippen LogP contribution in [-0.4, -0.2) is 52.0 Å². The molecule has 0 radical (unpaired) electrons. The van der Waals surface area contributed by atoms with Crippen LogP contribution in [0.1, 0.15) is 19.8 Å². The fourth-order valence-corrected chi connectivity index (χ4v) is 2.81. The van der Waals surface area contributed by atoms with E-state index in [4.69, 9.17) is 10.8 Å². The van der Waals surface area contributed by atoms with E-state index in [0.717, 1.165) is 5.75 Å². The lowest BCUT2D eigenvalue weighted by Crippen LogP contribution is -2.48. The normalized spacial score (nSPS) is 22.9. The average molecular weight is 246 g/mol. The van der Waals surface area contributed by atoms with E-state index in [1.165, 1.54) is 0 Å². The molecule has 0 saturated carbocycles. The molecule has 2 unspecified atom stereocenters. The number of nitrogens with zero attached hydrogens (tertiary/aromatic N) is 1. The lowest BCUT2D eigenvalue weighted by atomic mass is 10.1. The van der Waals surface area contributed by atoms with Gasteiger partial charge in [-0.1, -0.05) is 0 Å². The van der Waals surface area contributed by atoms with Crippen molar-refractivity contribution in [3.05, 3.63) is 0 Å². The molecule has 6 heteroatoms. The Labute approximate surface area is 99.4 Å². The molecular weight excluding hydrogens is 228 g/mol. The van der Waals surface area contributed by atoms with Gasteiger partial charge in [0.25, 0.3) is 0 Å². The van der Waals surface area contributed by atoms with Crippen LogP contribution in [0.25, 0.3) is 0 Å². The van der Waals surface area contributed by atoms with Gasteiger partial charge in [0.2, 0.25) is 5.91 Å². The van der Waals surface area contributed by atoms with Crippen molar-refractivity contribution in [3.8, 4) is 0 Å². The van der Waals surface area contributed by atoms with Crippen LogP contribution < -0.4 is 5.73 Å². The van der Waals surface area contributed by atoms with E-state index in [9.17, 15) is 9.59 Å². The smallest absolute Gasteiger partial charge is 0.305 e. The summed E-state index contributed by atoms with van der Waals surface area (Å²) in [6, 6.07) is -0.352. The third-order valence-corrected chi connectivity index (χ3v) is 3.55. The van der Waals surface area contributed by atoms with Gasteiger partial charge >= 0.3 is 5.97 Å². The van der Waals surface area contributed by atoms with E-state index < -0.39 is 5.97 Å². The highest BCUT2D eigenvalue weighted by Crippen LogP contribution is 2.20. The molecule has 5 nitrogen and oxygen atoms in total. The Morgan fingerprint density at radius 2 is 2.31 bits per heavy atom. The number of carboxylic acid groups (broad SMARTS) is 1. The molecular formula is C10H18N2O3S. The third-order valence-electron chi connectivity index (χ3n) is 2.45. The molecule has 0 aromatic rings. The van der Waals surface area contributed by atoms with Crippen LogP contribution in [0.2, 0.25) is 0 Å². The number of carbonyl (C=O) groups is 2. The second-order valence-corrected chi connectivity index (χ2v) is 5.24. The maximum atomic E-state index is 11.8. The van der Waals surface area contributed by atoms with Crippen LogP contribution in [0.15, 0.2) is 0 Å². The Morgan fingerprint density at radius 3 is 2.88 bits per heavy atom. The summed E-state index contributed by atoms with van der Waals surface area (Å²) in [4.78, 5) is 24.2. The van der Waals surface area contributed by atoms with Crippen molar-refractivity contribution < 1.29 is 14.7 Å². The lowest BCUT2D eigenvalue weighted by molar-refractivity contribution is -0.140. The second kappa shape index (κ2) is 6.10. The molecule has 2 atom stereocenters. The first-order chi connectivity index (χ1) is 7.50. The van der Waals surface area contributed by atoms with Gasteiger partial charge in [-0.05, 0) is 6.92 Å². The van der Waals surface area contributed by atoms with Gasteiger partial charge in [-0.15, -0.1) is 0 Å². The summed E-state index contributed by atoms with van der Waals surface area (Å²) in [5, 5.41) is 8.78. The van der Waals surface area contributed by atoms with Gasteiger partial charge in [0.1, 0.15) is 0 Å². The van der Waals surface area contributed by atoms with Gasteiger partial charge in [-0.2, -0.15) is 11.8 Å². The van der Waals surface area contributed by atoms with Crippen LogP contribution >= 0.6 is 11.8 Å². The van der Waals surface area contributed by atoms with E-state index in [2.05, 4.69) is 0 Å². The van der Waals surface area contributed by atoms with Crippen LogP contribution in [0.3, 0.4) is 0 Å². The van der Waals surface area contributed by atoms with Gasteiger partial charge < -0.3 is 15.7 Å². The molecule has 16 heavy (non-hydrogen) atoms. The van der Waals surface area contributed by atoms with Gasteiger partial charge in [0.15, 0.2) is 0 Å². The van der Waals surface area contributed by atoms with Crippen molar-refractivity contribution in [2.45, 2.75) is 31.8 Å². The van der Waals surface area contributed by atoms with E-state index in [1.54, 1.807) is 23.6 Å². The van der Waals surface area contributed by atoms with Gasteiger partial charge in [-0.3, -0.25) is 9.59 Å². The largest absolute Gasteiger partial charge is 0.481 e. The van der Waals surface area contributed by atoms with Crippen LogP contribution in [0.5, 0.6) is 0 Å². The maximum absolute atomic E-state index is 11.8. The van der Waals surface area contributed by atoms with Crippen molar-refractivity contribution >= 4 is 23.6 Å². The molecule has 92 valence electrons. The maximum Gasteiger partial charge on any atom is 0.305 e. The number of aliphatic carboxylic acids is 1. The Bertz CT molecular complexity index is 271. The molecule has 3 N–H and O–H groups in total. The summed E-state index contributed by atoms with van der Waals surface area (Å²) in [5.74, 6) is 0.699. The predicted octanol–water partition coefficient (Wildman–Crippen LogP) is 0.142. The highest BCUT2D eigenvalue weighted by atomic mass is 32.2. The Balaban J connectivity index is 2.58. The number of rotatable bonds is 4. The molecule has 1 aliphatic rings. The van der Waals surface area contributed by atoms with Crippen molar-refractivity contribution in [2.24, 2.45) is 5.73 Å². The Kier molecular flexibility index (Phi) is 5.08. The minimum absolute atomic E-state index is 0.0255. The fourth-order valence-electron chi connectivity index (χ4n) is 1.75. The molecule has 0 aromatic carbocycles. The molecule has 0 aromatic heterocycles. The molecule has 1 rings (SSSR count). The number of carboxylic acids is 1. The summed E-state index contributed by atoms with van der Waals surface area (Å²) in [6.07, 6.45) is 0.318. The highest BCUT2D eigenvalue weighted by Gasteiger charge is 2.28. The second-order valence-electron chi connectivity index (χ2n) is 4.10. The zero-order valence-corrected chi connectivity index (χ0v) is 10.2. The monoisotopic (exact) mass is 246 g/mol. The van der Waals surface area contributed by atoms with Crippen LogP contribution in [0.4, 0.5) is 0 Å². The summed E-state index contributed by atoms with van der Waals surface area (Å²) in [7, 11) is 0. The van der Waals surface area contributed by atoms with Crippen molar-refractivity contribution in [2.75, 3.05) is 18.1 Å². The minimum Gasteiger partial charge on any atom is -0.481 e. The number of nitrogens with two attached hydrogens (primary N) is 1. The summed E-state index contributed by atoms with van der Waals surface area (Å²) in [6.45, 7) is 2.41. The molecule has 1 saturated heterocycles. The number of thioether (sulfide) groups is 1. The molecule has 0 bridgehead atoms. The van der Waals surface area contributed by atoms with Crippen LogP contribution in [-0.2, 0) is 9.59 Å².